The molecule has 0 aliphatic rings. The average Bonchev–Trinajstić information content (AvgIpc) is 2.67. The van der Waals surface area contributed by atoms with E-state index in [2.05, 4.69) is 5.32 Å². The van der Waals surface area contributed by atoms with Crippen LogP contribution in [0.4, 0.5) is 5.69 Å². The summed E-state index contributed by atoms with van der Waals surface area (Å²) in [6, 6.07) is 26.0. The predicted molar refractivity (Wildman–Crippen MR) is 98.3 cm³/mol. The van der Waals surface area contributed by atoms with E-state index in [1.54, 1.807) is 24.3 Å². The molecule has 0 aliphatic heterocycles. The molecule has 0 saturated carbocycles. The van der Waals surface area contributed by atoms with Crippen molar-refractivity contribution in [3.8, 4) is 11.5 Å². The summed E-state index contributed by atoms with van der Waals surface area (Å²) >= 11 is 0. The molecule has 0 aromatic heterocycles. The zero-order valence-corrected chi connectivity index (χ0v) is 13.7. The number of rotatable bonds is 7. The van der Waals surface area contributed by atoms with Gasteiger partial charge in [0, 0.05) is 11.3 Å². The molecule has 0 fully saturated rings. The highest BCUT2D eigenvalue weighted by Crippen LogP contribution is 2.14. The van der Waals surface area contributed by atoms with Gasteiger partial charge in [0.2, 0.25) is 0 Å². The molecule has 0 heterocycles. The van der Waals surface area contributed by atoms with Gasteiger partial charge < -0.3 is 14.8 Å². The first-order valence-corrected chi connectivity index (χ1v) is 8.08. The molecule has 3 aromatic carbocycles. The largest absolute Gasteiger partial charge is 0.490 e. The molecule has 4 heteroatoms. The Morgan fingerprint density at radius 2 is 1.20 bits per heavy atom. The molecule has 4 nitrogen and oxygen atoms in total. The Bertz CT molecular complexity index is 786. The third kappa shape index (κ3) is 5.11. The standard InChI is InChI=1S/C21H19NO3/c23-21(22-18-7-3-1-4-8-18)17-11-13-20(14-12-17)25-16-15-24-19-9-5-2-6-10-19/h1-14H,15-16H2,(H,22,23). The lowest BCUT2D eigenvalue weighted by molar-refractivity contribution is 0.102. The SMILES string of the molecule is O=C(Nc1ccccc1)c1ccc(OCCOc2ccccc2)cc1. The second-order valence-electron chi connectivity index (χ2n) is 5.35. The molecule has 0 bridgehead atoms. The number of hydrogen-bond acceptors (Lipinski definition) is 3. The Morgan fingerprint density at radius 3 is 1.80 bits per heavy atom. The van der Waals surface area contributed by atoms with Gasteiger partial charge in [-0.25, -0.2) is 0 Å². The van der Waals surface area contributed by atoms with Crippen LogP contribution in [0.3, 0.4) is 0 Å². The quantitative estimate of drug-likeness (QED) is 0.652. The maximum atomic E-state index is 12.2. The topological polar surface area (TPSA) is 47.6 Å². The van der Waals surface area contributed by atoms with Gasteiger partial charge in [0.25, 0.3) is 5.91 Å². The third-order valence-electron chi connectivity index (χ3n) is 3.51. The zero-order valence-electron chi connectivity index (χ0n) is 13.7. The molecule has 126 valence electrons. The van der Waals surface area contributed by atoms with Gasteiger partial charge in [0.15, 0.2) is 0 Å². The summed E-state index contributed by atoms with van der Waals surface area (Å²) in [4.78, 5) is 12.2. The molecule has 0 unspecified atom stereocenters. The number of carbonyl (C=O) groups is 1. The van der Waals surface area contributed by atoms with E-state index in [9.17, 15) is 4.79 Å². The Kier molecular flexibility index (Phi) is 5.67. The van der Waals surface area contributed by atoms with Crippen molar-refractivity contribution in [2.45, 2.75) is 0 Å². The molecule has 1 amide bonds. The van der Waals surface area contributed by atoms with Gasteiger partial charge in [-0.3, -0.25) is 4.79 Å². The maximum absolute atomic E-state index is 12.2. The number of anilines is 1. The van der Waals surface area contributed by atoms with Crippen molar-refractivity contribution in [2.75, 3.05) is 18.5 Å². The summed E-state index contributed by atoms with van der Waals surface area (Å²) in [5, 5.41) is 2.85. The van der Waals surface area contributed by atoms with Crippen LogP contribution in [0.15, 0.2) is 84.9 Å². The van der Waals surface area contributed by atoms with E-state index in [0.717, 1.165) is 11.4 Å². The van der Waals surface area contributed by atoms with E-state index in [1.807, 2.05) is 60.7 Å². The lowest BCUT2D eigenvalue weighted by atomic mass is 10.2. The van der Waals surface area contributed by atoms with Crippen LogP contribution in [0, 0.1) is 0 Å². The van der Waals surface area contributed by atoms with E-state index in [-0.39, 0.29) is 5.91 Å². The van der Waals surface area contributed by atoms with Crippen molar-refractivity contribution >= 4 is 11.6 Å². The molecule has 0 atom stereocenters. The van der Waals surface area contributed by atoms with Gasteiger partial charge in [-0.05, 0) is 48.5 Å². The molecule has 3 rings (SSSR count). The second kappa shape index (κ2) is 8.55. The number of benzene rings is 3. The zero-order chi connectivity index (χ0) is 17.3. The fourth-order valence-electron chi connectivity index (χ4n) is 2.26. The summed E-state index contributed by atoms with van der Waals surface area (Å²) in [7, 11) is 0. The molecule has 0 aliphatic carbocycles. The van der Waals surface area contributed by atoms with Crippen LogP contribution in [0.5, 0.6) is 11.5 Å². The molecule has 0 saturated heterocycles. The van der Waals surface area contributed by atoms with Crippen LogP contribution in [0.1, 0.15) is 10.4 Å². The lowest BCUT2D eigenvalue weighted by Gasteiger charge is -2.09. The van der Waals surface area contributed by atoms with Crippen LogP contribution >= 0.6 is 0 Å². The molecule has 0 radical (unpaired) electrons. The van der Waals surface area contributed by atoms with E-state index in [0.29, 0.717) is 24.5 Å². The summed E-state index contributed by atoms with van der Waals surface area (Å²) in [6.45, 7) is 0.894. The fourth-order valence-corrected chi connectivity index (χ4v) is 2.26. The first-order chi connectivity index (χ1) is 12.3. The first-order valence-electron chi connectivity index (χ1n) is 8.08. The van der Waals surface area contributed by atoms with Gasteiger partial charge in [-0.2, -0.15) is 0 Å². The van der Waals surface area contributed by atoms with Crippen LogP contribution in [-0.4, -0.2) is 19.1 Å². The highest BCUT2D eigenvalue weighted by Gasteiger charge is 2.06. The van der Waals surface area contributed by atoms with Crippen molar-refractivity contribution in [2.24, 2.45) is 0 Å². The van der Waals surface area contributed by atoms with Gasteiger partial charge in [0.1, 0.15) is 24.7 Å². The molecule has 25 heavy (non-hydrogen) atoms. The Hall–Kier alpha value is -3.27. The monoisotopic (exact) mass is 333 g/mol. The summed E-state index contributed by atoms with van der Waals surface area (Å²) in [5.41, 5.74) is 1.35. The normalized spacial score (nSPS) is 10.1. The van der Waals surface area contributed by atoms with Crippen LogP contribution in [0.25, 0.3) is 0 Å². The summed E-state index contributed by atoms with van der Waals surface area (Å²) < 4.78 is 11.2. The average molecular weight is 333 g/mol. The minimum atomic E-state index is -0.148. The van der Waals surface area contributed by atoms with Crippen LogP contribution in [-0.2, 0) is 0 Å². The minimum Gasteiger partial charge on any atom is -0.490 e. The fraction of sp³-hybridized carbons (Fsp3) is 0.0952. The number of carbonyl (C=O) groups excluding carboxylic acids is 1. The lowest BCUT2D eigenvalue weighted by Crippen LogP contribution is -2.12. The van der Waals surface area contributed by atoms with Crippen molar-refractivity contribution in [3.05, 3.63) is 90.5 Å². The Labute approximate surface area is 147 Å². The van der Waals surface area contributed by atoms with Crippen LogP contribution < -0.4 is 14.8 Å². The predicted octanol–water partition coefficient (Wildman–Crippen LogP) is 4.40. The number of amides is 1. The van der Waals surface area contributed by atoms with Crippen molar-refractivity contribution in [1.82, 2.24) is 0 Å². The van der Waals surface area contributed by atoms with E-state index in [4.69, 9.17) is 9.47 Å². The third-order valence-corrected chi connectivity index (χ3v) is 3.51. The van der Waals surface area contributed by atoms with Gasteiger partial charge >= 0.3 is 0 Å². The summed E-state index contributed by atoms with van der Waals surface area (Å²) in [5.74, 6) is 1.37. The molecule has 3 aromatic rings. The second-order valence-corrected chi connectivity index (χ2v) is 5.35. The molecule has 0 spiro atoms. The van der Waals surface area contributed by atoms with Gasteiger partial charge in [-0.1, -0.05) is 36.4 Å². The van der Waals surface area contributed by atoms with Crippen LogP contribution in [0.2, 0.25) is 0 Å². The Balaban J connectivity index is 1.46. The molecular formula is C21H19NO3. The van der Waals surface area contributed by atoms with Crippen molar-refractivity contribution in [1.29, 1.82) is 0 Å². The molecular weight excluding hydrogens is 314 g/mol. The number of nitrogens with one attached hydrogen (secondary N) is 1. The number of para-hydroxylation sites is 2. The Morgan fingerprint density at radius 1 is 0.680 bits per heavy atom. The highest BCUT2D eigenvalue weighted by atomic mass is 16.5. The minimum absolute atomic E-state index is 0.148. The summed E-state index contributed by atoms with van der Waals surface area (Å²) in [6.07, 6.45) is 0. The molecule has 1 N–H and O–H groups in total. The number of ether oxygens (including phenoxy) is 2. The highest BCUT2D eigenvalue weighted by molar-refractivity contribution is 6.04. The maximum Gasteiger partial charge on any atom is 0.255 e. The van der Waals surface area contributed by atoms with Crippen molar-refractivity contribution in [3.63, 3.8) is 0 Å². The van der Waals surface area contributed by atoms with Gasteiger partial charge in [-0.15, -0.1) is 0 Å². The number of hydrogen-bond donors (Lipinski definition) is 1. The van der Waals surface area contributed by atoms with Gasteiger partial charge in [0.05, 0.1) is 0 Å². The first kappa shape index (κ1) is 16.6. The van der Waals surface area contributed by atoms with E-state index < -0.39 is 0 Å². The van der Waals surface area contributed by atoms with Crippen molar-refractivity contribution < 1.29 is 14.3 Å². The van der Waals surface area contributed by atoms with E-state index >= 15 is 0 Å². The smallest absolute Gasteiger partial charge is 0.255 e. The van der Waals surface area contributed by atoms with E-state index in [1.165, 1.54) is 0 Å².